The first-order valence-electron chi connectivity index (χ1n) is 7.47. The van der Waals surface area contributed by atoms with Crippen LogP contribution in [-0.4, -0.2) is 48.1 Å². The van der Waals surface area contributed by atoms with Crippen LogP contribution < -0.4 is 5.73 Å². The molecule has 1 atom stereocenters. The van der Waals surface area contributed by atoms with E-state index in [9.17, 15) is 4.39 Å². The van der Waals surface area contributed by atoms with Crippen LogP contribution in [0.2, 0.25) is 0 Å². The maximum Gasteiger partial charge on any atom is 0.124 e. The number of hydrogen-bond acceptors (Lipinski definition) is 3. The van der Waals surface area contributed by atoms with Crippen LogP contribution in [0.5, 0.6) is 0 Å². The van der Waals surface area contributed by atoms with Crippen molar-refractivity contribution in [3.05, 3.63) is 34.1 Å². The zero-order valence-electron chi connectivity index (χ0n) is 13.1. The van der Waals surface area contributed by atoms with Crippen molar-refractivity contribution in [2.45, 2.75) is 32.4 Å². The van der Waals surface area contributed by atoms with Gasteiger partial charge in [0.1, 0.15) is 5.82 Å². The second-order valence-electron chi connectivity index (χ2n) is 6.61. The fraction of sp³-hybridized carbons (Fsp3) is 0.625. The van der Waals surface area contributed by atoms with Crippen molar-refractivity contribution in [3.8, 4) is 0 Å². The van der Waals surface area contributed by atoms with Gasteiger partial charge >= 0.3 is 0 Å². The zero-order valence-corrected chi connectivity index (χ0v) is 14.7. The second-order valence-corrected chi connectivity index (χ2v) is 7.47. The van der Waals surface area contributed by atoms with Crippen molar-refractivity contribution in [1.82, 2.24) is 9.80 Å². The Balaban J connectivity index is 2.09. The molecule has 1 heterocycles. The van der Waals surface area contributed by atoms with Crippen molar-refractivity contribution < 1.29 is 4.39 Å². The van der Waals surface area contributed by atoms with Crippen LogP contribution in [0.4, 0.5) is 4.39 Å². The summed E-state index contributed by atoms with van der Waals surface area (Å²) in [5, 5.41) is 0. The van der Waals surface area contributed by atoms with Crippen LogP contribution in [0.1, 0.15) is 32.4 Å². The molecule has 1 aliphatic rings. The fourth-order valence-corrected chi connectivity index (χ4v) is 3.56. The lowest BCUT2D eigenvalue weighted by atomic mass is 10.0. The number of rotatable bonds is 3. The fourth-order valence-electron chi connectivity index (χ4n) is 2.95. The van der Waals surface area contributed by atoms with E-state index in [0.717, 1.165) is 36.2 Å². The van der Waals surface area contributed by atoms with Gasteiger partial charge < -0.3 is 5.73 Å². The molecule has 5 heteroatoms. The number of nitrogens with two attached hydrogens (primary N) is 1. The molecule has 1 aromatic rings. The Kier molecular flexibility index (Phi) is 5.41. The lowest BCUT2D eigenvalue weighted by molar-refractivity contribution is 0.0432. The molecule has 1 fully saturated rings. The van der Waals surface area contributed by atoms with Gasteiger partial charge in [-0.3, -0.25) is 9.80 Å². The molecule has 1 unspecified atom stereocenters. The molecule has 0 amide bonds. The maximum atomic E-state index is 13.3. The predicted octanol–water partition coefficient (Wildman–Crippen LogP) is 3.00. The van der Waals surface area contributed by atoms with E-state index < -0.39 is 0 Å². The summed E-state index contributed by atoms with van der Waals surface area (Å²) in [5.41, 5.74) is 7.27. The molecule has 0 spiro atoms. The SMILES string of the molecule is CC(C)(C)N1CCN(C(CN)c2ccc(F)cc2Br)CC1. The Morgan fingerprint density at radius 1 is 1.24 bits per heavy atom. The summed E-state index contributed by atoms with van der Waals surface area (Å²) in [6, 6.07) is 5.01. The molecule has 1 saturated heterocycles. The van der Waals surface area contributed by atoms with Crippen molar-refractivity contribution in [3.63, 3.8) is 0 Å². The van der Waals surface area contributed by atoms with Gasteiger partial charge in [0.25, 0.3) is 0 Å². The van der Waals surface area contributed by atoms with E-state index in [0.29, 0.717) is 6.54 Å². The summed E-state index contributed by atoms with van der Waals surface area (Å²) >= 11 is 3.47. The highest BCUT2D eigenvalue weighted by Crippen LogP contribution is 2.29. The standard InChI is InChI=1S/C16H25BrFN3/c1-16(2,3)21-8-6-20(7-9-21)15(11-19)13-5-4-12(18)10-14(13)17/h4-5,10,15H,6-9,11,19H2,1-3H3. The molecular weight excluding hydrogens is 333 g/mol. The van der Waals surface area contributed by atoms with Crippen molar-refractivity contribution in [1.29, 1.82) is 0 Å². The van der Waals surface area contributed by atoms with Crippen molar-refractivity contribution >= 4 is 15.9 Å². The van der Waals surface area contributed by atoms with Crippen LogP contribution in [-0.2, 0) is 0 Å². The van der Waals surface area contributed by atoms with Crippen LogP contribution >= 0.6 is 15.9 Å². The average Bonchev–Trinajstić information content (AvgIpc) is 2.41. The smallest absolute Gasteiger partial charge is 0.124 e. The molecule has 21 heavy (non-hydrogen) atoms. The molecule has 0 aromatic heterocycles. The third-order valence-corrected chi connectivity index (χ3v) is 4.94. The molecule has 118 valence electrons. The summed E-state index contributed by atoms with van der Waals surface area (Å²) in [6.07, 6.45) is 0. The van der Waals surface area contributed by atoms with Crippen molar-refractivity contribution in [2.24, 2.45) is 5.73 Å². The molecule has 0 bridgehead atoms. The Hall–Kier alpha value is -0.490. The Morgan fingerprint density at radius 3 is 2.33 bits per heavy atom. The van der Waals surface area contributed by atoms with E-state index in [1.54, 1.807) is 0 Å². The van der Waals surface area contributed by atoms with E-state index in [1.165, 1.54) is 12.1 Å². The van der Waals surface area contributed by atoms with Crippen molar-refractivity contribution in [2.75, 3.05) is 32.7 Å². The first-order chi connectivity index (χ1) is 9.82. The molecular formula is C16H25BrFN3. The molecule has 2 rings (SSSR count). The van der Waals surface area contributed by atoms with Gasteiger partial charge in [-0.2, -0.15) is 0 Å². The Labute approximate surface area is 135 Å². The van der Waals surface area contributed by atoms with Crippen LogP contribution in [0.3, 0.4) is 0 Å². The average molecular weight is 358 g/mol. The Morgan fingerprint density at radius 2 is 1.86 bits per heavy atom. The van der Waals surface area contributed by atoms with Crippen LogP contribution in [0.15, 0.2) is 22.7 Å². The topological polar surface area (TPSA) is 32.5 Å². The summed E-state index contributed by atoms with van der Waals surface area (Å²) < 4.78 is 14.1. The van der Waals surface area contributed by atoms with Crippen LogP contribution in [0, 0.1) is 5.82 Å². The molecule has 0 aliphatic carbocycles. The largest absolute Gasteiger partial charge is 0.329 e. The predicted molar refractivity (Wildman–Crippen MR) is 88.8 cm³/mol. The Bertz CT molecular complexity index is 479. The molecule has 3 nitrogen and oxygen atoms in total. The lowest BCUT2D eigenvalue weighted by Crippen LogP contribution is -2.54. The lowest BCUT2D eigenvalue weighted by Gasteiger charge is -2.44. The first-order valence-corrected chi connectivity index (χ1v) is 8.26. The van der Waals surface area contributed by atoms with Gasteiger partial charge in [0.05, 0.1) is 0 Å². The monoisotopic (exact) mass is 357 g/mol. The van der Waals surface area contributed by atoms with Crippen LogP contribution in [0.25, 0.3) is 0 Å². The van der Waals surface area contributed by atoms with Gasteiger partial charge in [-0.05, 0) is 38.5 Å². The number of piperazine rings is 1. The summed E-state index contributed by atoms with van der Waals surface area (Å²) in [7, 11) is 0. The summed E-state index contributed by atoms with van der Waals surface area (Å²) in [4.78, 5) is 4.90. The van der Waals surface area contributed by atoms with Gasteiger partial charge in [0.2, 0.25) is 0 Å². The van der Waals surface area contributed by atoms with E-state index in [4.69, 9.17) is 5.73 Å². The van der Waals surface area contributed by atoms with Gasteiger partial charge in [0, 0.05) is 48.8 Å². The van der Waals surface area contributed by atoms with E-state index in [-0.39, 0.29) is 17.4 Å². The number of halogens is 2. The van der Waals surface area contributed by atoms with E-state index in [1.807, 2.05) is 6.07 Å². The number of benzene rings is 1. The van der Waals surface area contributed by atoms with Gasteiger partial charge in [-0.25, -0.2) is 4.39 Å². The third-order valence-electron chi connectivity index (χ3n) is 4.25. The highest BCUT2D eigenvalue weighted by atomic mass is 79.9. The summed E-state index contributed by atoms with van der Waals surface area (Å²) in [5.74, 6) is -0.223. The maximum absolute atomic E-state index is 13.3. The first kappa shape index (κ1) is 16.9. The minimum atomic E-state index is -0.223. The highest BCUT2D eigenvalue weighted by molar-refractivity contribution is 9.10. The number of nitrogens with zero attached hydrogens (tertiary/aromatic N) is 2. The second kappa shape index (κ2) is 6.73. The molecule has 1 aromatic carbocycles. The summed E-state index contributed by atoms with van der Waals surface area (Å²) in [6.45, 7) is 11.3. The molecule has 0 radical (unpaired) electrons. The van der Waals surface area contributed by atoms with E-state index in [2.05, 4.69) is 46.5 Å². The minimum Gasteiger partial charge on any atom is -0.329 e. The van der Waals surface area contributed by atoms with Gasteiger partial charge in [-0.1, -0.05) is 22.0 Å². The van der Waals surface area contributed by atoms with Gasteiger partial charge in [0.15, 0.2) is 0 Å². The zero-order chi connectivity index (χ0) is 15.6. The highest BCUT2D eigenvalue weighted by Gasteiger charge is 2.29. The van der Waals surface area contributed by atoms with E-state index >= 15 is 0 Å². The third kappa shape index (κ3) is 4.03. The minimum absolute atomic E-state index is 0.141. The molecule has 2 N–H and O–H groups in total. The quantitative estimate of drug-likeness (QED) is 0.902. The normalized spacial score (nSPS) is 19.7. The number of hydrogen-bond donors (Lipinski definition) is 1. The molecule has 0 saturated carbocycles. The molecule has 1 aliphatic heterocycles. The van der Waals surface area contributed by atoms with Gasteiger partial charge in [-0.15, -0.1) is 0 Å².